The van der Waals surface area contributed by atoms with Gasteiger partial charge in [0.25, 0.3) is 17.4 Å². The van der Waals surface area contributed by atoms with E-state index in [4.69, 9.17) is 16.3 Å². The van der Waals surface area contributed by atoms with Crippen LogP contribution in [0.3, 0.4) is 0 Å². The number of carbonyl (C=O) groups excluding carboxylic acids is 2. The normalized spacial score (nSPS) is 18.3. The molecule has 1 saturated heterocycles. The van der Waals surface area contributed by atoms with Crippen LogP contribution in [0.4, 0.5) is 0 Å². The topological polar surface area (TPSA) is 103 Å². The molecule has 0 unspecified atom stereocenters. The third-order valence-corrected chi connectivity index (χ3v) is 6.81. The number of nitrogens with one attached hydrogen (secondary N) is 1. The second kappa shape index (κ2) is 9.07. The number of amides is 2. The highest BCUT2D eigenvalue weighted by Gasteiger charge is 2.36. The number of aryl methyl sites for hydroxylation is 2. The lowest BCUT2D eigenvalue weighted by Crippen LogP contribution is -2.44. The Bertz CT molecular complexity index is 1200. The number of aromatic amines is 1. The van der Waals surface area contributed by atoms with Gasteiger partial charge in [0.05, 0.1) is 23.7 Å². The Balaban J connectivity index is 1.52. The van der Waals surface area contributed by atoms with Crippen molar-refractivity contribution in [2.45, 2.75) is 58.8 Å². The molecule has 4 rings (SSSR count). The first-order valence-corrected chi connectivity index (χ1v) is 11.8. The van der Waals surface area contributed by atoms with Gasteiger partial charge in [-0.15, -0.1) is 0 Å². The molecule has 1 aromatic carbocycles. The molecule has 0 spiro atoms. The summed E-state index contributed by atoms with van der Waals surface area (Å²) in [6, 6.07) is 5.51. The van der Waals surface area contributed by atoms with Gasteiger partial charge in [0.1, 0.15) is 17.5 Å². The van der Waals surface area contributed by atoms with Gasteiger partial charge in [0.15, 0.2) is 0 Å². The number of H-pyrrole nitrogens is 1. The number of carbonyl (C=O) groups is 2. The minimum absolute atomic E-state index is 0.189. The first-order valence-electron chi connectivity index (χ1n) is 11.4. The molecule has 8 nitrogen and oxygen atoms in total. The summed E-state index contributed by atoms with van der Waals surface area (Å²) >= 11 is 6.66. The van der Waals surface area contributed by atoms with Gasteiger partial charge in [0.2, 0.25) is 0 Å². The number of halogens is 1. The van der Waals surface area contributed by atoms with Crippen LogP contribution in [-0.4, -0.2) is 63.0 Å². The van der Waals surface area contributed by atoms with Crippen molar-refractivity contribution >= 4 is 23.4 Å². The second-order valence-electron chi connectivity index (χ2n) is 9.67. The van der Waals surface area contributed by atoms with Crippen molar-refractivity contribution in [3.05, 3.63) is 61.5 Å². The highest BCUT2D eigenvalue weighted by Crippen LogP contribution is 2.36. The molecule has 1 atom stereocenters. The van der Waals surface area contributed by atoms with E-state index in [2.05, 4.69) is 4.98 Å². The van der Waals surface area contributed by atoms with E-state index in [1.54, 1.807) is 15.9 Å². The number of fused-ring (bicyclic) bond motifs is 1. The van der Waals surface area contributed by atoms with Gasteiger partial charge in [-0.3, -0.25) is 14.4 Å². The number of likely N-dealkylation sites (tertiary alicyclic amines) is 1. The van der Waals surface area contributed by atoms with Crippen molar-refractivity contribution in [1.82, 2.24) is 14.8 Å². The van der Waals surface area contributed by atoms with Gasteiger partial charge in [-0.25, -0.2) is 0 Å². The highest BCUT2D eigenvalue weighted by atomic mass is 35.5. The molecule has 0 bridgehead atoms. The largest absolute Gasteiger partial charge is 0.487 e. The summed E-state index contributed by atoms with van der Waals surface area (Å²) in [5.74, 6) is -0.189. The minimum Gasteiger partial charge on any atom is -0.487 e. The van der Waals surface area contributed by atoms with Gasteiger partial charge in [-0.1, -0.05) is 17.7 Å². The van der Waals surface area contributed by atoms with Crippen molar-refractivity contribution < 1.29 is 19.4 Å². The Labute approximate surface area is 203 Å². The Morgan fingerprint density at radius 2 is 2.00 bits per heavy atom. The summed E-state index contributed by atoms with van der Waals surface area (Å²) in [4.78, 5) is 44.2. The Hall–Kier alpha value is -2.84. The summed E-state index contributed by atoms with van der Waals surface area (Å²) in [6.07, 6.45) is 0.941. The lowest BCUT2D eigenvalue weighted by atomic mass is 9.97. The number of benzene rings is 1. The molecular formula is C25H30ClN3O5. The van der Waals surface area contributed by atoms with Crippen LogP contribution in [0.15, 0.2) is 23.0 Å². The standard InChI is InChI=1S/C25H30ClN3O5/c1-14-11-15(2)27-22(30)18(14)13-28-9-7-16-5-6-19(21(26)20(16)23(28)31)34-17-8-10-29(12-17)24(32)25(3,4)33/h5-6,11,17,33H,7-10,12-13H2,1-4H3,(H,27,30)/t17-/m1/s1. The third kappa shape index (κ3) is 4.70. The number of hydrogen-bond acceptors (Lipinski definition) is 5. The maximum Gasteiger partial charge on any atom is 0.256 e. The Morgan fingerprint density at radius 1 is 1.26 bits per heavy atom. The number of hydrogen-bond donors (Lipinski definition) is 2. The molecule has 2 aliphatic rings. The molecule has 2 N–H and O–H groups in total. The first kappa shape index (κ1) is 24.3. The molecule has 1 aromatic heterocycles. The van der Waals surface area contributed by atoms with Crippen molar-refractivity contribution in [3.63, 3.8) is 0 Å². The van der Waals surface area contributed by atoms with E-state index in [1.165, 1.54) is 13.8 Å². The van der Waals surface area contributed by atoms with Crippen LogP contribution < -0.4 is 10.3 Å². The zero-order valence-electron chi connectivity index (χ0n) is 19.9. The molecule has 1 fully saturated rings. The molecule has 34 heavy (non-hydrogen) atoms. The SMILES string of the molecule is Cc1cc(C)c(CN2CCc3ccc(O[C@@H]4CCN(C(=O)C(C)(C)O)C4)c(Cl)c3C2=O)c(=O)[nH]1. The van der Waals surface area contributed by atoms with E-state index in [0.717, 1.165) is 16.8 Å². The van der Waals surface area contributed by atoms with Gasteiger partial charge < -0.3 is 24.6 Å². The van der Waals surface area contributed by atoms with Gasteiger partial charge in [-0.2, -0.15) is 0 Å². The molecule has 2 aromatic rings. The fourth-order valence-corrected chi connectivity index (χ4v) is 4.95. The summed E-state index contributed by atoms with van der Waals surface area (Å²) in [5.41, 5.74) is 1.80. The summed E-state index contributed by atoms with van der Waals surface area (Å²) in [6.45, 7) is 8.14. The lowest BCUT2D eigenvalue weighted by molar-refractivity contribution is -0.146. The number of aliphatic hydroxyl groups is 1. The van der Waals surface area contributed by atoms with Crippen LogP contribution in [0.1, 0.15) is 53.0 Å². The van der Waals surface area contributed by atoms with Crippen molar-refractivity contribution in [2.24, 2.45) is 0 Å². The second-order valence-corrected chi connectivity index (χ2v) is 10.0. The van der Waals surface area contributed by atoms with E-state index in [-0.39, 0.29) is 35.0 Å². The number of aromatic nitrogens is 1. The highest BCUT2D eigenvalue weighted by molar-refractivity contribution is 6.35. The summed E-state index contributed by atoms with van der Waals surface area (Å²) in [7, 11) is 0. The van der Waals surface area contributed by atoms with Crippen LogP contribution in [0, 0.1) is 13.8 Å². The predicted octanol–water partition coefficient (Wildman–Crippen LogP) is 2.59. The van der Waals surface area contributed by atoms with E-state index < -0.39 is 5.60 Å². The quantitative estimate of drug-likeness (QED) is 0.674. The zero-order chi connectivity index (χ0) is 24.8. The molecule has 0 aliphatic carbocycles. The molecular weight excluding hydrogens is 458 g/mol. The molecule has 0 saturated carbocycles. The maximum absolute atomic E-state index is 13.4. The van der Waals surface area contributed by atoms with Crippen LogP contribution in [0.5, 0.6) is 5.75 Å². The zero-order valence-corrected chi connectivity index (χ0v) is 20.7. The van der Waals surface area contributed by atoms with Crippen molar-refractivity contribution in [2.75, 3.05) is 19.6 Å². The molecule has 3 heterocycles. The van der Waals surface area contributed by atoms with Gasteiger partial charge in [0, 0.05) is 30.8 Å². The summed E-state index contributed by atoms with van der Waals surface area (Å²) in [5, 5.41) is 10.2. The maximum atomic E-state index is 13.4. The van der Waals surface area contributed by atoms with Crippen LogP contribution in [0.2, 0.25) is 5.02 Å². The fraction of sp³-hybridized carbons (Fsp3) is 0.480. The molecule has 2 aliphatic heterocycles. The first-order chi connectivity index (χ1) is 16.0. The fourth-order valence-electron chi connectivity index (χ4n) is 4.64. The van der Waals surface area contributed by atoms with Gasteiger partial charge in [-0.05, 0) is 57.4 Å². The lowest BCUT2D eigenvalue weighted by Gasteiger charge is -2.30. The van der Waals surface area contributed by atoms with Crippen molar-refractivity contribution in [3.8, 4) is 5.75 Å². The third-order valence-electron chi connectivity index (χ3n) is 6.44. The average molecular weight is 488 g/mol. The molecule has 9 heteroatoms. The average Bonchev–Trinajstić information content (AvgIpc) is 3.21. The molecule has 182 valence electrons. The molecule has 2 amide bonds. The Kier molecular flexibility index (Phi) is 6.48. The molecule has 0 radical (unpaired) electrons. The number of pyridine rings is 1. The van der Waals surface area contributed by atoms with E-state index in [1.807, 2.05) is 26.0 Å². The van der Waals surface area contributed by atoms with Crippen molar-refractivity contribution in [1.29, 1.82) is 0 Å². The monoisotopic (exact) mass is 487 g/mol. The van der Waals surface area contributed by atoms with Crippen LogP contribution >= 0.6 is 11.6 Å². The smallest absolute Gasteiger partial charge is 0.256 e. The van der Waals surface area contributed by atoms with Gasteiger partial charge >= 0.3 is 0 Å². The van der Waals surface area contributed by atoms with Crippen LogP contribution in [-0.2, 0) is 17.8 Å². The number of ether oxygens (including phenoxy) is 1. The number of nitrogens with zero attached hydrogens (tertiary/aromatic N) is 2. The number of rotatable bonds is 5. The predicted molar refractivity (Wildman–Crippen MR) is 128 cm³/mol. The van der Waals surface area contributed by atoms with Crippen LogP contribution in [0.25, 0.3) is 0 Å². The van der Waals surface area contributed by atoms with E-state index >= 15 is 0 Å². The minimum atomic E-state index is -1.44. The Morgan fingerprint density at radius 3 is 2.68 bits per heavy atom. The van der Waals surface area contributed by atoms with E-state index in [9.17, 15) is 19.5 Å². The summed E-state index contributed by atoms with van der Waals surface area (Å²) < 4.78 is 6.09. The van der Waals surface area contributed by atoms with E-state index in [0.29, 0.717) is 49.4 Å².